The number of halogens is 6. The van der Waals surface area contributed by atoms with Crippen molar-refractivity contribution >= 4 is 59.0 Å². The van der Waals surface area contributed by atoms with Gasteiger partial charge < -0.3 is 41.3 Å². The zero-order valence-corrected chi connectivity index (χ0v) is 47.6. The van der Waals surface area contributed by atoms with E-state index in [1.807, 2.05) is 97.1 Å². The van der Waals surface area contributed by atoms with E-state index in [1.54, 1.807) is 6.20 Å². The zero-order valence-electron chi connectivity index (χ0n) is 46.0. The van der Waals surface area contributed by atoms with Crippen molar-refractivity contribution in [1.29, 1.82) is 0 Å². The Morgan fingerprint density at radius 2 is 1.05 bits per heavy atom. The van der Waals surface area contributed by atoms with Crippen molar-refractivity contribution in [3.05, 3.63) is 204 Å². The number of nitrogens with one attached hydrogen (secondary N) is 1. The first-order chi connectivity index (χ1) is 41.4. The van der Waals surface area contributed by atoms with Gasteiger partial charge in [0.1, 0.15) is 28.3 Å². The van der Waals surface area contributed by atoms with Gasteiger partial charge in [-0.3, -0.25) is 9.97 Å². The predicted molar refractivity (Wildman–Crippen MR) is 313 cm³/mol. The Kier molecular flexibility index (Phi) is 17.0. The molecule has 6 N–H and O–H groups in total. The highest BCUT2D eigenvalue weighted by Crippen LogP contribution is 2.65. The van der Waals surface area contributed by atoms with E-state index in [4.69, 9.17) is 16.2 Å². The minimum Gasteiger partial charge on any atom is -0.465 e. The molecule has 24 heteroatoms. The van der Waals surface area contributed by atoms with Crippen LogP contribution in [0.3, 0.4) is 0 Å². The molecule has 4 aromatic carbocycles. The quantitative estimate of drug-likeness (QED) is 0.0662. The van der Waals surface area contributed by atoms with Crippen LogP contribution in [-0.2, 0) is 41.1 Å². The number of fused-ring (bicyclic) bond motifs is 2. The molecule has 6 heterocycles. The number of nitrogen functional groups attached to an aromatic ring is 2. The normalized spacial score (nSPS) is 21.2. The standard InChI is InChI=1S/2C31H29F3N6O2S/c32-31(33,34)26-24(12-7-14-36-26)43-28-27(35)39-25(16-37-28)40-15-13-22-23(17-40)30(22,21-10-5-2-6-11-21)19-38-29(41)42-18-20-8-3-1-4-9-20;32-31(33,34)26-24(12-7-14-36-26)43-28-27(35)38-25(16-37-28)39-15-13-22-23(18-39)30(22,21-10-5-2-6-11-21)19-40(29(41)42)17-20-8-3-1-4-9-20/h1-12,14,16,22-23H,13,15,17-19H2,(H2,35,39)(H,38,41);1-12,14,16,22-23H,13,15,17-19H2,(H2,35,38)(H,41,42). The molecular weight excluding hydrogens is 1150 g/mol. The Morgan fingerprint density at radius 1 is 0.605 bits per heavy atom. The van der Waals surface area contributed by atoms with E-state index in [-0.39, 0.29) is 66.7 Å². The summed E-state index contributed by atoms with van der Waals surface area (Å²) < 4.78 is 86.0. The molecule has 0 bridgehead atoms. The highest BCUT2D eigenvalue weighted by molar-refractivity contribution is 7.99. The van der Waals surface area contributed by atoms with E-state index >= 15 is 0 Å². The number of carboxylic acid groups (broad SMARTS) is 1. The molecule has 0 spiro atoms. The van der Waals surface area contributed by atoms with Crippen molar-refractivity contribution < 1.29 is 45.8 Å². The number of pyridine rings is 2. The van der Waals surface area contributed by atoms with Crippen LogP contribution in [0.5, 0.6) is 0 Å². The number of anilines is 4. The van der Waals surface area contributed by atoms with Gasteiger partial charge in [-0.1, -0.05) is 145 Å². The number of aromatic nitrogens is 6. The Labute approximate surface area is 499 Å². The molecule has 16 nitrogen and oxygen atoms in total. The minimum absolute atomic E-state index is 0.0339. The minimum atomic E-state index is -4.61. The molecule has 4 aromatic heterocycles. The van der Waals surface area contributed by atoms with Crippen molar-refractivity contribution in [2.24, 2.45) is 23.7 Å². The van der Waals surface area contributed by atoms with Crippen LogP contribution < -0.4 is 26.6 Å². The second kappa shape index (κ2) is 24.8. The first-order valence-corrected chi connectivity index (χ1v) is 29.3. The molecule has 2 saturated carbocycles. The lowest BCUT2D eigenvalue weighted by Crippen LogP contribution is -2.38. The maximum atomic E-state index is 13.4. The molecule has 6 unspecified atom stereocenters. The van der Waals surface area contributed by atoms with Gasteiger partial charge in [0.25, 0.3) is 0 Å². The number of nitrogens with two attached hydrogens (primary N) is 2. The molecule has 4 aliphatic rings. The van der Waals surface area contributed by atoms with Gasteiger partial charge in [-0.05, 0) is 83.0 Å². The van der Waals surface area contributed by atoms with Crippen LogP contribution in [0.25, 0.3) is 0 Å². The van der Waals surface area contributed by atoms with Crippen LogP contribution in [-0.4, -0.2) is 91.4 Å². The molecule has 6 atom stereocenters. The summed E-state index contributed by atoms with van der Waals surface area (Å²) >= 11 is 1.57. The van der Waals surface area contributed by atoms with Crippen molar-refractivity contribution in [2.45, 2.75) is 69.0 Å². The number of carbonyl (C=O) groups is 2. The van der Waals surface area contributed by atoms with Crippen LogP contribution in [0.4, 0.5) is 59.2 Å². The van der Waals surface area contributed by atoms with E-state index in [0.29, 0.717) is 63.4 Å². The number of rotatable bonds is 16. The fourth-order valence-corrected chi connectivity index (χ4v) is 14.3. The van der Waals surface area contributed by atoms with Crippen molar-refractivity contribution in [2.75, 3.05) is 60.5 Å². The van der Waals surface area contributed by atoms with Crippen LogP contribution in [0, 0.1) is 23.7 Å². The van der Waals surface area contributed by atoms with Gasteiger partial charge in [-0.25, -0.2) is 29.5 Å². The Hall–Kier alpha value is -8.64. The fourth-order valence-electron chi connectivity index (χ4n) is 12.5. The number of hydrogen-bond donors (Lipinski definition) is 4. The molecule has 2 aliphatic carbocycles. The molecule has 4 fully saturated rings. The van der Waals surface area contributed by atoms with Crippen LogP contribution in [0.1, 0.15) is 46.5 Å². The summed E-state index contributed by atoms with van der Waals surface area (Å²) in [6.07, 6.45) is -3.67. The summed E-state index contributed by atoms with van der Waals surface area (Å²) in [7, 11) is 0. The van der Waals surface area contributed by atoms with E-state index in [0.717, 1.165) is 71.0 Å². The van der Waals surface area contributed by atoms with E-state index in [9.17, 15) is 41.0 Å². The Balaban J connectivity index is 0.000000179. The molecule has 444 valence electrons. The van der Waals surface area contributed by atoms with Crippen LogP contribution >= 0.6 is 23.5 Å². The van der Waals surface area contributed by atoms with Crippen molar-refractivity contribution in [1.82, 2.24) is 40.1 Å². The topological polar surface area (TPSA) is 215 Å². The summed E-state index contributed by atoms with van der Waals surface area (Å²) in [5.74, 6) is 2.23. The molecule has 2 amide bonds. The van der Waals surface area contributed by atoms with E-state index in [2.05, 4.69) is 69.3 Å². The second-order valence-corrected chi connectivity index (χ2v) is 23.5. The molecule has 2 saturated heterocycles. The smallest absolute Gasteiger partial charge is 0.434 e. The van der Waals surface area contributed by atoms with Gasteiger partial charge in [0.2, 0.25) is 0 Å². The third-order valence-corrected chi connectivity index (χ3v) is 18.7. The second-order valence-electron chi connectivity index (χ2n) is 21.5. The monoisotopic (exact) mass is 1210 g/mol. The van der Waals surface area contributed by atoms with Gasteiger partial charge >= 0.3 is 24.5 Å². The lowest BCUT2D eigenvalue weighted by Gasteiger charge is -2.28. The number of amides is 2. The number of alkyl carbamates (subject to hydrolysis) is 1. The predicted octanol–water partition coefficient (Wildman–Crippen LogP) is 12.1. The summed E-state index contributed by atoms with van der Waals surface area (Å²) in [6, 6.07) is 44.8. The molecule has 86 heavy (non-hydrogen) atoms. The first kappa shape index (κ1) is 59.1. The molecule has 0 radical (unpaired) electrons. The summed E-state index contributed by atoms with van der Waals surface area (Å²) in [5.41, 5.74) is 13.9. The first-order valence-electron chi connectivity index (χ1n) is 27.6. The molecule has 8 aromatic rings. The average molecular weight is 1210 g/mol. The van der Waals surface area contributed by atoms with Gasteiger partial charge in [0.15, 0.2) is 23.0 Å². The Bertz CT molecular complexity index is 3680. The summed E-state index contributed by atoms with van der Waals surface area (Å²) in [5, 5.41) is 13.5. The van der Waals surface area contributed by atoms with Crippen molar-refractivity contribution in [3.63, 3.8) is 0 Å². The van der Waals surface area contributed by atoms with Gasteiger partial charge in [-0.2, -0.15) is 26.3 Å². The number of benzene rings is 4. The SMILES string of the molecule is Nc1nc(N2CCC3C(C2)C3(CN(Cc2ccccc2)C(=O)O)c2ccccc2)cnc1Sc1cccnc1C(F)(F)F.Nc1nc(N2CCC3C(C2)C3(CNC(=O)OCc2ccccc2)c2ccccc2)cnc1Sc1cccnc1C(F)(F)F. The molecule has 2 aliphatic heterocycles. The number of ether oxygens (including phenoxy) is 1. The summed E-state index contributed by atoms with van der Waals surface area (Å²) in [6.45, 7) is 3.95. The fraction of sp³-hybridized carbons (Fsp3) is 0.290. The molecular formula is C62H58F6N12O4S2. The number of alkyl halides is 6. The van der Waals surface area contributed by atoms with Gasteiger partial charge in [0, 0.05) is 78.8 Å². The number of hydrogen-bond acceptors (Lipinski definition) is 15. The number of carbonyl (C=O) groups excluding carboxylic acids is 1. The third kappa shape index (κ3) is 12.7. The highest BCUT2D eigenvalue weighted by Gasteiger charge is 2.68. The van der Waals surface area contributed by atoms with E-state index in [1.165, 1.54) is 35.4 Å². The zero-order chi connectivity index (χ0) is 60.2. The Morgan fingerprint density at radius 3 is 1.51 bits per heavy atom. The largest absolute Gasteiger partial charge is 0.465 e. The maximum absolute atomic E-state index is 13.4. The van der Waals surface area contributed by atoms with Crippen LogP contribution in [0.15, 0.2) is 190 Å². The number of piperidine rings is 2. The van der Waals surface area contributed by atoms with E-state index < -0.39 is 35.9 Å². The lowest BCUT2D eigenvalue weighted by atomic mass is 9.90. The van der Waals surface area contributed by atoms with Gasteiger partial charge in [-0.15, -0.1) is 0 Å². The summed E-state index contributed by atoms with van der Waals surface area (Å²) in [4.78, 5) is 55.3. The lowest BCUT2D eigenvalue weighted by molar-refractivity contribution is -0.144. The third-order valence-electron chi connectivity index (χ3n) is 16.6. The molecule has 12 rings (SSSR count). The highest BCUT2D eigenvalue weighted by atomic mass is 32.2. The average Bonchev–Trinajstić information content (AvgIpc) is 1.62. The number of nitrogens with zero attached hydrogens (tertiary/aromatic N) is 9. The maximum Gasteiger partial charge on any atom is 0.434 e. The van der Waals surface area contributed by atoms with Crippen LogP contribution in [0.2, 0.25) is 0 Å². The van der Waals surface area contributed by atoms with Gasteiger partial charge in [0.05, 0.1) is 12.4 Å². The van der Waals surface area contributed by atoms with Crippen molar-refractivity contribution in [3.8, 4) is 0 Å².